The largest absolute Gasteiger partial charge is 0.132 e. The minimum absolute atomic E-state index is 0.423. The maximum absolute atomic E-state index is 5.88. The Morgan fingerprint density at radius 3 is 2.67 bits per heavy atom. The summed E-state index contributed by atoms with van der Waals surface area (Å²) in [6, 6.07) is 2.05. The van der Waals surface area contributed by atoms with Gasteiger partial charge in [-0.3, -0.25) is 0 Å². The van der Waals surface area contributed by atoms with Crippen LogP contribution < -0.4 is 0 Å². The SMILES string of the molecule is ClCC1(Cc2csc(Cl)c2)CC1. The molecular formula is C9H10Cl2S. The van der Waals surface area contributed by atoms with Gasteiger partial charge >= 0.3 is 0 Å². The minimum atomic E-state index is 0.423. The molecule has 66 valence electrons. The van der Waals surface area contributed by atoms with Crippen molar-refractivity contribution in [3.8, 4) is 0 Å². The summed E-state index contributed by atoms with van der Waals surface area (Å²) in [6.45, 7) is 0. The quantitative estimate of drug-likeness (QED) is 0.677. The predicted octanol–water partition coefficient (Wildman–Crippen LogP) is 3.96. The van der Waals surface area contributed by atoms with Gasteiger partial charge in [0, 0.05) is 5.88 Å². The summed E-state index contributed by atoms with van der Waals surface area (Å²) in [4.78, 5) is 0. The first kappa shape index (κ1) is 8.86. The van der Waals surface area contributed by atoms with E-state index in [1.165, 1.54) is 18.4 Å². The van der Waals surface area contributed by atoms with E-state index in [9.17, 15) is 0 Å². The predicted molar refractivity (Wildman–Crippen MR) is 55.4 cm³/mol. The van der Waals surface area contributed by atoms with Gasteiger partial charge in [0.05, 0.1) is 4.34 Å². The Labute approximate surface area is 86.5 Å². The molecule has 0 unspecified atom stereocenters. The normalized spacial score (nSPS) is 19.5. The Bertz CT molecular complexity index is 276. The molecule has 0 nitrogen and oxygen atoms in total. The molecular weight excluding hydrogens is 211 g/mol. The van der Waals surface area contributed by atoms with E-state index in [0.717, 1.165) is 16.6 Å². The standard InChI is InChI=1S/C9H10Cl2S/c10-6-9(1-2-9)4-7-3-8(11)12-5-7/h3,5H,1-2,4,6H2. The minimum Gasteiger partial charge on any atom is -0.132 e. The Hall–Kier alpha value is 0.280. The molecule has 1 aliphatic carbocycles. The highest BCUT2D eigenvalue weighted by Gasteiger charge is 2.41. The summed E-state index contributed by atoms with van der Waals surface area (Å²) in [5, 5.41) is 2.13. The molecule has 3 heteroatoms. The molecule has 1 fully saturated rings. The fraction of sp³-hybridized carbons (Fsp3) is 0.556. The van der Waals surface area contributed by atoms with E-state index < -0.39 is 0 Å². The van der Waals surface area contributed by atoms with E-state index >= 15 is 0 Å². The van der Waals surface area contributed by atoms with Crippen LogP contribution in [0.2, 0.25) is 4.34 Å². The summed E-state index contributed by atoms with van der Waals surface area (Å²) in [5.74, 6) is 0.792. The topological polar surface area (TPSA) is 0 Å². The van der Waals surface area contributed by atoms with Crippen molar-refractivity contribution >= 4 is 34.5 Å². The van der Waals surface area contributed by atoms with E-state index in [1.54, 1.807) is 11.3 Å². The maximum Gasteiger partial charge on any atom is 0.0931 e. The molecule has 0 atom stereocenters. The summed E-state index contributed by atoms with van der Waals surface area (Å²) < 4.78 is 0.885. The number of hydrogen-bond donors (Lipinski definition) is 0. The highest BCUT2D eigenvalue weighted by Crippen LogP contribution is 2.49. The summed E-state index contributed by atoms with van der Waals surface area (Å²) >= 11 is 13.3. The van der Waals surface area contributed by atoms with Crippen LogP contribution in [0.15, 0.2) is 11.4 Å². The van der Waals surface area contributed by atoms with Crippen LogP contribution in [0.4, 0.5) is 0 Å². The van der Waals surface area contributed by atoms with Crippen LogP contribution in [0, 0.1) is 5.41 Å². The first-order chi connectivity index (χ1) is 5.74. The van der Waals surface area contributed by atoms with E-state index in [2.05, 4.69) is 11.4 Å². The van der Waals surface area contributed by atoms with E-state index in [1.807, 2.05) is 0 Å². The molecule has 12 heavy (non-hydrogen) atoms. The van der Waals surface area contributed by atoms with E-state index in [0.29, 0.717) is 5.41 Å². The number of hydrogen-bond acceptors (Lipinski definition) is 1. The number of thiophene rings is 1. The second-order valence-corrected chi connectivity index (χ2v) is 5.38. The van der Waals surface area contributed by atoms with Gasteiger partial charge in [-0.05, 0) is 41.7 Å². The van der Waals surface area contributed by atoms with Crippen LogP contribution in [0.3, 0.4) is 0 Å². The summed E-state index contributed by atoms with van der Waals surface area (Å²) in [5.41, 5.74) is 1.77. The molecule has 0 N–H and O–H groups in total. The highest BCUT2D eigenvalue weighted by atomic mass is 35.5. The third kappa shape index (κ3) is 1.78. The third-order valence-corrected chi connectivity index (χ3v) is 4.15. The van der Waals surface area contributed by atoms with Crippen molar-refractivity contribution in [1.29, 1.82) is 0 Å². The van der Waals surface area contributed by atoms with Gasteiger partial charge in [0.15, 0.2) is 0 Å². The molecule has 0 radical (unpaired) electrons. The highest BCUT2D eigenvalue weighted by molar-refractivity contribution is 7.14. The molecule has 1 aromatic heterocycles. The molecule has 0 saturated heterocycles. The molecule has 0 spiro atoms. The van der Waals surface area contributed by atoms with Crippen LogP contribution in [-0.4, -0.2) is 5.88 Å². The van der Waals surface area contributed by atoms with Crippen LogP contribution >= 0.6 is 34.5 Å². The number of alkyl halides is 1. The van der Waals surface area contributed by atoms with E-state index in [4.69, 9.17) is 23.2 Å². The fourth-order valence-electron chi connectivity index (χ4n) is 1.41. The molecule has 1 aromatic rings. The lowest BCUT2D eigenvalue weighted by molar-refractivity contribution is 0.579. The third-order valence-electron chi connectivity index (χ3n) is 2.44. The second-order valence-electron chi connectivity index (χ2n) is 3.57. The summed E-state index contributed by atoms with van der Waals surface area (Å²) in [7, 11) is 0. The fourth-order valence-corrected chi connectivity index (χ4v) is 2.68. The average Bonchev–Trinajstić information content (AvgIpc) is 2.71. The Morgan fingerprint density at radius 2 is 2.25 bits per heavy atom. The first-order valence-corrected chi connectivity index (χ1v) is 5.82. The number of rotatable bonds is 3. The molecule has 1 saturated carbocycles. The monoisotopic (exact) mass is 220 g/mol. The van der Waals surface area contributed by atoms with Crippen molar-refractivity contribution in [2.24, 2.45) is 5.41 Å². The smallest absolute Gasteiger partial charge is 0.0931 e. The van der Waals surface area contributed by atoms with Crippen LogP contribution in [0.1, 0.15) is 18.4 Å². The van der Waals surface area contributed by atoms with Crippen molar-refractivity contribution in [3.63, 3.8) is 0 Å². The van der Waals surface area contributed by atoms with Crippen molar-refractivity contribution < 1.29 is 0 Å². The zero-order chi connectivity index (χ0) is 8.60. The van der Waals surface area contributed by atoms with Crippen molar-refractivity contribution in [2.45, 2.75) is 19.3 Å². The molecule has 2 rings (SSSR count). The Kier molecular flexibility index (Phi) is 2.37. The molecule has 0 aliphatic heterocycles. The molecule has 0 amide bonds. The van der Waals surface area contributed by atoms with Gasteiger partial charge in [0.2, 0.25) is 0 Å². The Morgan fingerprint density at radius 1 is 1.50 bits per heavy atom. The zero-order valence-electron chi connectivity index (χ0n) is 6.65. The number of halogens is 2. The molecule has 0 aromatic carbocycles. The molecule has 1 aliphatic rings. The van der Waals surface area contributed by atoms with E-state index in [-0.39, 0.29) is 0 Å². The van der Waals surface area contributed by atoms with Gasteiger partial charge in [-0.1, -0.05) is 11.6 Å². The van der Waals surface area contributed by atoms with Crippen molar-refractivity contribution in [3.05, 3.63) is 21.3 Å². The van der Waals surface area contributed by atoms with Gasteiger partial charge in [0.1, 0.15) is 0 Å². The van der Waals surface area contributed by atoms with Gasteiger partial charge < -0.3 is 0 Å². The van der Waals surface area contributed by atoms with Crippen molar-refractivity contribution in [2.75, 3.05) is 5.88 Å². The molecule has 1 heterocycles. The van der Waals surface area contributed by atoms with Gasteiger partial charge in [-0.25, -0.2) is 0 Å². The lowest BCUT2D eigenvalue weighted by Gasteiger charge is -2.08. The lowest BCUT2D eigenvalue weighted by atomic mass is 10.0. The lowest BCUT2D eigenvalue weighted by Crippen LogP contribution is -2.05. The van der Waals surface area contributed by atoms with Crippen LogP contribution in [0.25, 0.3) is 0 Å². The van der Waals surface area contributed by atoms with Crippen molar-refractivity contribution in [1.82, 2.24) is 0 Å². The average molecular weight is 221 g/mol. The van der Waals surface area contributed by atoms with Gasteiger partial charge in [-0.15, -0.1) is 22.9 Å². The maximum atomic E-state index is 5.88. The Balaban J connectivity index is 2.04. The van der Waals surface area contributed by atoms with Gasteiger partial charge in [0.25, 0.3) is 0 Å². The van der Waals surface area contributed by atoms with Crippen LogP contribution in [0.5, 0.6) is 0 Å². The van der Waals surface area contributed by atoms with Crippen LogP contribution in [-0.2, 0) is 6.42 Å². The second kappa shape index (κ2) is 3.21. The zero-order valence-corrected chi connectivity index (χ0v) is 8.98. The molecule has 0 bridgehead atoms. The van der Waals surface area contributed by atoms with Gasteiger partial charge in [-0.2, -0.15) is 0 Å². The first-order valence-electron chi connectivity index (χ1n) is 4.03. The summed E-state index contributed by atoms with van der Waals surface area (Å²) in [6.07, 6.45) is 3.67.